The number of carbonyl (C=O) groups is 4. The Balaban J connectivity index is 1.60. The molecule has 2 aliphatic rings. The van der Waals surface area contributed by atoms with Crippen molar-refractivity contribution in [3.8, 4) is 11.6 Å². The van der Waals surface area contributed by atoms with E-state index in [1.54, 1.807) is 36.6 Å². The van der Waals surface area contributed by atoms with Gasteiger partial charge in [-0.1, -0.05) is 48.2 Å². The van der Waals surface area contributed by atoms with Crippen molar-refractivity contribution in [2.24, 2.45) is 4.99 Å². The molecule has 1 aromatic heterocycles. The van der Waals surface area contributed by atoms with E-state index in [1.807, 2.05) is 30.3 Å². The maximum atomic E-state index is 12.3. The number of thioether (sulfide) groups is 1. The first-order chi connectivity index (χ1) is 22.0. The number of rotatable bonds is 9. The van der Waals surface area contributed by atoms with E-state index in [0.717, 1.165) is 42.4 Å². The lowest BCUT2D eigenvalue weighted by atomic mass is 9.99. The third-order valence-electron chi connectivity index (χ3n) is 6.88. The van der Waals surface area contributed by atoms with Gasteiger partial charge in [0.2, 0.25) is 5.88 Å². The Morgan fingerprint density at radius 1 is 0.870 bits per heavy atom. The lowest BCUT2D eigenvalue weighted by Crippen LogP contribution is -2.61. The predicted molar refractivity (Wildman–Crippen MR) is 166 cm³/mol. The number of nitrogens with zero attached hydrogens (tertiary/aromatic N) is 3. The number of esters is 4. The van der Waals surface area contributed by atoms with Crippen molar-refractivity contribution in [3.63, 3.8) is 0 Å². The smallest absolute Gasteiger partial charge is 0.303 e. The van der Waals surface area contributed by atoms with E-state index < -0.39 is 53.7 Å². The first-order valence-corrected chi connectivity index (χ1v) is 15.1. The molecule has 0 radical (unpaired) electrons. The first kappa shape index (κ1) is 32.4. The van der Waals surface area contributed by atoms with Crippen molar-refractivity contribution in [3.05, 3.63) is 65.9 Å². The molecule has 0 saturated carbocycles. The van der Waals surface area contributed by atoms with Gasteiger partial charge in [0, 0.05) is 45.0 Å². The second-order valence-corrected chi connectivity index (χ2v) is 11.4. The summed E-state index contributed by atoms with van der Waals surface area (Å²) in [4.78, 5) is 57.5. The SMILES string of the molecule is CC(=O)OC[C@H]1O[C@@H](Sc2nc(/C=C3\C=Nc4ccccc43)c(O)n2-c2ccccc2)[C@H](OC(C)=O)[C@@H](OC(C)=O)[C@@H]1OC(C)=O. The summed E-state index contributed by atoms with van der Waals surface area (Å²) < 4.78 is 29.6. The second kappa shape index (κ2) is 14.0. The van der Waals surface area contributed by atoms with Gasteiger partial charge in [0.15, 0.2) is 28.9 Å². The number of fused-ring (bicyclic) bond motifs is 1. The Kier molecular flexibility index (Phi) is 9.87. The lowest BCUT2D eigenvalue weighted by Gasteiger charge is -2.44. The highest BCUT2D eigenvalue weighted by Crippen LogP contribution is 2.41. The van der Waals surface area contributed by atoms with Crippen LogP contribution in [0.5, 0.6) is 5.88 Å². The zero-order valence-electron chi connectivity index (χ0n) is 25.3. The number of para-hydroxylation sites is 2. The van der Waals surface area contributed by atoms with Gasteiger partial charge in [0.25, 0.3) is 0 Å². The van der Waals surface area contributed by atoms with Crippen molar-refractivity contribution in [1.29, 1.82) is 0 Å². The topological polar surface area (TPSA) is 165 Å². The van der Waals surface area contributed by atoms with E-state index in [-0.39, 0.29) is 23.3 Å². The average molecular weight is 650 g/mol. The quantitative estimate of drug-likeness (QED) is 0.262. The minimum atomic E-state index is -1.35. The van der Waals surface area contributed by atoms with Crippen LogP contribution in [0.25, 0.3) is 17.3 Å². The lowest BCUT2D eigenvalue weighted by molar-refractivity contribution is -0.237. The Bertz CT molecular complexity index is 1700. The zero-order valence-corrected chi connectivity index (χ0v) is 26.1. The second-order valence-electron chi connectivity index (χ2n) is 10.3. The molecule has 0 amide bonds. The van der Waals surface area contributed by atoms with Crippen LogP contribution < -0.4 is 0 Å². The molecule has 5 rings (SSSR count). The summed E-state index contributed by atoms with van der Waals surface area (Å²) in [6.07, 6.45) is -1.73. The fourth-order valence-corrected chi connectivity index (χ4v) is 6.28. The van der Waals surface area contributed by atoms with Crippen LogP contribution in [0.4, 0.5) is 5.69 Å². The van der Waals surface area contributed by atoms with E-state index in [2.05, 4.69) is 4.99 Å². The molecule has 0 spiro atoms. The maximum absolute atomic E-state index is 12.3. The highest BCUT2D eigenvalue weighted by atomic mass is 32.2. The van der Waals surface area contributed by atoms with Crippen LogP contribution >= 0.6 is 11.8 Å². The van der Waals surface area contributed by atoms with Crippen LogP contribution in [0.1, 0.15) is 39.0 Å². The molecule has 2 aromatic carbocycles. The number of ether oxygens (including phenoxy) is 5. The number of hydrogen-bond acceptors (Lipinski definition) is 13. The van der Waals surface area contributed by atoms with E-state index in [9.17, 15) is 24.3 Å². The number of benzene rings is 2. The molecule has 1 fully saturated rings. The van der Waals surface area contributed by atoms with E-state index >= 15 is 0 Å². The molecular formula is C32H31N3O10S. The minimum absolute atomic E-state index is 0.190. The van der Waals surface area contributed by atoms with Gasteiger partial charge >= 0.3 is 23.9 Å². The standard InChI is InChI=1S/C32H31N3O10S/c1-17(36)41-16-26-27(42-18(2)37)28(43-19(3)38)29(44-20(4)39)31(45-26)46-32-34-25(30(40)35(32)22-10-6-5-7-11-22)14-21-15-33-24-13-9-8-12-23(21)24/h5-15,26-29,31,40H,16H2,1-4H3/b21-14+/t26-,27-,28+,29-,31+/m1/s1. The van der Waals surface area contributed by atoms with E-state index in [4.69, 9.17) is 28.7 Å². The van der Waals surface area contributed by atoms with Gasteiger partial charge in [-0.05, 0) is 24.3 Å². The molecule has 3 aromatic rings. The van der Waals surface area contributed by atoms with Crippen LogP contribution in [-0.2, 0) is 42.9 Å². The normalized spacial score (nSPS) is 22.6. The van der Waals surface area contributed by atoms with Gasteiger partial charge in [-0.3, -0.25) is 28.7 Å². The molecule has 2 aliphatic heterocycles. The fraction of sp³-hybridized carbons (Fsp3) is 0.312. The predicted octanol–water partition coefficient (Wildman–Crippen LogP) is 4.01. The zero-order chi connectivity index (χ0) is 33.0. The Morgan fingerprint density at radius 2 is 1.50 bits per heavy atom. The van der Waals surface area contributed by atoms with Crippen molar-refractivity contribution in [1.82, 2.24) is 9.55 Å². The Morgan fingerprint density at radius 3 is 2.17 bits per heavy atom. The van der Waals surface area contributed by atoms with Gasteiger partial charge in [0.05, 0.1) is 11.4 Å². The molecule has 13 nitrogen and oxygen atoms in total. The van der Waals surface area contributed by atoms with Gasteiger partial charge in [-0.2, -0.15) is 0 Å². The summed E-state index contributed by atoms with van der Waals surface area (Å²) in [5, 5.41) is 11.7. The number of carbonyl (C=O) groups excluding carboxylic acids is 4. The third-order valence-corrected chi connectivity index (χ3v) is 7.98. The number of aromatic nitrogens is 2. The largest absolute Gasteiger partial charge is 0.493 e. The summed E-state index contributed by atoms with van der Waals surface area (Å²) in [7, 11) is 0. The molecule has 1 N–H and O–H groups in total. The molecule has 5 atom stereocenters. The molecule has 46 heavy (non-hydrogen) atoms. The Hall–Kier alpha value is -4.95. The van der Waals surface area contributed by atoms with Crippen molar-refractivity contribution < 1.29 is 48.0 Å². The van der Waals surface area contributed by atoms with Crippen LogP contribution in [0.15, 0.2) is 64.7 Å². The summed E-state index contributed by atoms with van der Waals surface area (Å²) in [5.74, 6) is -3.02. The molecular weight excluding hydrogens is 618 g/mol. The first-order valence-electron chi connectivity index (χ1n) is 14.2. The third kappa shape index (κ3) is 7.29. The summed E-state index contributed by atoms with van der Waals surface area (Å²) in [6.45, 7) is 4.30. The van der Waals surface area contributed by atoms with E-state index in [1.165, 1.54) is 18.4 Å². The molecule has 14 heteroatoms. The highest BCUT2D eigenvalue weighted by Gasteiger charge is 2.53. The Labute approximate surface area is 268 Å². The number of hydrogen-bond donors (Lipinski definition) is 1. The number of imidazole rings is 1. The van der Waals surface area contributed by atoms with Gasteiger partial charge in [-0.25, -0.2) is 4.98 Å². The van der Waals surface area contributed by atoms with E-state index in [0.29, 0.717) is 5.69 Å². The van der Waals surface area contributed by atoms with Gasteiger partial charge in [-0.15, -0.1) is 0 Å². The average Bonchev–Trinajstić information content (AvgIpc) is 3.55. The molecule has 240 valence electrons. The maximum Gasteiger partial charge on any atom is 0.303 e. The number of aromatic hydroxyl groups is 1. The van der Waals surface area contributed by atoms with Gasteiger partial charge in [0.1, 0.15) is 18.4 Å². The van der Waals surface area contributed by atoms with Crippen LogP contribution in [0, 0.1) is 0 Å². The monoisotopic (exact) mass is 649 g/mol. The van der Waals surface area contributed by atoms with Crippen LogP contribution in [-0.4, -0.2) is 81.2 Å². The molecule has 3 heterocycles. The minimum Gasteiger partial charge on any atom is -0.493 e. The molecule has 0 unspecified atom stereocenters. The molecule has 1 saturated heterocycles. The van der Waals surface area contributed by atoms with Crippen LogP contribution in [0.3, 0.4) is 0 Å². The summed E-state index contributed by atoms with van der Waals surface area (Å²) in [5.41, 5.74) is 2.00. The fourth-order valence-electron chi connectivity index (χ4n) is 5.08. The molecule has 0 bridgehead atoms. The van der Waals surface area contributed by atoms with Crippen molar-refractivity contribution >= 4 is 59.2 Å². The van der Waals surface area contributed by atoms with Crippen LogP contribution in [0.2, 0.25) is 0 Å². The molecule has 0 aliphatic carbocycles. The van der Waals surface area contributed by atoms with Gasteiger partial charge < -0.3 is 28.8 Å². The highest BCUT2D eigenvalue weighted by molar-refractivity contribution is 7.99. The number of aliphatic imine (C=N–C) groups is 1. The van der Waals surface area contributed by atoms with Crippen molar-refractivity contribution in [2.45, 2.75) is 62.7 Å². The number of allylic oxidation sites excluding steroid dienone is 1. The van der Waals surface area contributed by atoms with Crippen molar-refractivity contribution in [2.75, 3.05) is 6.61 Å². The summed E-state index contributed by atoms with van der Waals surface area (Å²) >= 11 is 0.962. The summed E-state index contributed by atoms with van der Waals surface area (Å²) in [6, 6.07) is 16.5.